The topological polar surface area (TPSA) is 54.3 Å². The normalized spacial score (nSPS) is 14.6. The fourth-order valence-electron chi connectivity index (χ4n) is 1.75. The highest BCUT2D eigenvalue weighted by molar-refractivity contribution is 5.92. The molecular formula is C14H24N2O2. The average Bonchev–Trinajstić information content (AvgIpc) is 2.70. The van der Waals surface area contributed by atoms with Crippen LogP contribution in [0, 0.1) is 5.92 Å². The van der Waals surface area contributed by atoms with Crippen LogP contribution in [0.25, 0.3) is 0 Å². The molecule has 4 heteroatoms. The number of rotatable bonds is 6. The molecular weight excluding hydrogens is 228 g/mol. The molecule has 102 valence electrons. The lowest BCUT2D eigenvalue weighted by atomic mass is 9.95. The van der Waals surface area contributed by atoms with E-state index in [0.717, 1.165) is 6.42 Å². The molecule has 0 radical (unpaired) electrons. The number of nitrogens with one attached hydrogen (secondary N) is 1. The zero-order valence-electron chi connectivity index (χ0n) is 11.7. The maximum Gasteiger partial charge on any atom is 0.267 e. The van der Waals surface area contributed by atoms with Gasteiger partial charge in [-0.25, -0.2) is 0 Å². The summed E-state index contributed by atoms with van der Waals surface area (Å²) in [5, 5.41) is 12.9. The first kappa shape index (κ1) is 14.8. The molecule has 0 saturated heterocycles. The molecule has 0 bridgehead atoms. The predicted molar refractivity (Wildman–Crippen MR) is 72.4 cm³/mol. The largest absolute Gasteiger partial charge is 0.388 e. The van der Waals surface area contributed by atoms with Crippen molar-refractivity contribution in [2.45, 2.75) is 39.2 Å². The van der Waals surface area contributed by atoms with Crippen molar-refractivity contribution in [2.24, 2.45) is 13.0 Å². The average molecular weight is 252 g/mol. The van der Waals surface area contributed by atoms with E-state index in [1.165, 1.54) is 0 Å². The first-order chi connectivity index (χ1) is 8.32. The Morgan fingerprint density at radius 2 is 2.22 bits per heavy atom. The second-order valence-corrected chi connectivity index (χ2v) is 5.62. The number of hydrogen-bond acceptors (Lipinski definition) is 2. The second-order valence-electron chi connectivity index (χ2n) is 5.62. The molecule has 1 aromatic heterocycles. The third kappa shape index (κ3) is 4.53. The van der Waals surface area contributed by atoms with Crippen LogP contribution in [-0.4, -0.2) is 27.7 Å². The molecule has 0 spiro atoms. The van der Waals surface area contributed by atoms with Gasteiger partial charge in [-0.3, -0.25) is 4.79 Å². The van der Waals surface area contributed by atoms with Crippen molar-refractivity contribution in [3.8, 4) is 0 Å². The van der Waals surface area contributed by atoms with Gasteiger partial charge in [-0.2, -0.15) is 0 Å². The Bertz CT molecular complexity index is 394. The Labute approximate surface area is 109 Å². The number of aromatic nitrogens is 1. The van der Waals surface area contributed by atoms with Crippen LogP contribution in [0.4, 0.5) is 0 Å². The quantitative estimate of drug-likeness (QED) is 0.813. The van der Waals surface area contributed by atoms with Crippen LogP contribution in [0.3, 0.4) is 0 Å². The minimum absolute atomic E-state index is 0.146. The number of aliphatic hydroxyl groups is 1. The molecule has 1 amide bonds. The highest BCUT2D eigenvalue weighted by Gasteiger charge is 2.22. The summed E-state index contributed by atoms with van der Waals surface area (Å²) in [7, 11) is 1.83. The van der Waals surface area contributed by atoms with Crippen LogP contribution >= 0.6 is 0 Å². The third-order valence-electron chi connectivity index (χ3n) is 3.07. The Balaban J connectivity index is 2.45. The molecule has 0 aliphatic rings. The Hall–Kier alpha value is -1.29. The lowest BCUT2D eigenvalue weighted by molar-refractivity contribution is 0.0427. The van der Waals surface area contributed by atoms with Crippen LogP contribution in [0.5, 0.6) is 0 Å². The Morgan fingerprint density at radius 3 is 2.72 bits per heavy atom. The van der Waals surface area contributed by atoms with E-state index >= 15 is 0 Å². The molecule has 18 heavy (non-hydrogen) atoms. The van der Waals surface area contributed by atoms with Gasteiger partial charge in [0.05, 0.1) is 5.60 Å². The van der Waals surface area contributed by atoms with Crippen LogP contribution < -0.4 is 5.32 Å². The molecule has 1 unspecified atom stereocenters. The van der Waals surface area contributed by atoms with Crippen LogP contribution in [0.1, 0.15) is 44.1 Å². The van der Waals surface area contributed by atoms with Crippen molar-refractivity contribution in [2.75, 3.05) is 6.54 Å². The van der Waals surface area contributed by atoms with Gasteiger partial charge in [0.25, 0.3) is 5.91 Å². The molecule has 1 atom stereocenters. The van der Waals surface area contributed by atoms with Crippen molar-refractivity contribution < 1.29 is 9.90 Å². The van der Waals surface area contributed by atoms with Crippen LogP contribution in [0.15, 0.2) is 18.3 Å². The first-order valence-electron chi connectivity index (χ1n) is 6.44. The lowest BCUT2D eigenvalue weighted by Gasteiger charge is -2.24. The fraction of sp³-hybridized carbons (Fsp3) is 0.643. The summed E-state index contributed by atoms with van der Waals surface area (Å²) in [6.07, 6.45) is 3.47. The fourth-order valence-corrected chi connectivity index (χ4v) is 1.75. The van der Waals surface area contributed by atoms with Gasteiger partial charge in [0.2, 0.25) is 0 Å². The number of carbonyl (C=O) groups excluding carboxylic acids is 1. The van der Waals surface area contributed by atoms with E-state index in [1.54, 1.807) is 17.6 Å². The monoisotopic (exact) mass is 252 g/mol. The van der Waals surface area contributed by atoms with Crippen molar-refractivity contribution >= 4 is 5.91 Å². The predicted octanol–water partition coefficient (Wildman–Crippen LogP) is 1.94. The van der Waals surface area contributed by atoms with Crippen molar-refractivity contribution in [3.05, 3.63) is 24.0 Å². The lowest BCUT2D eigenvalue weighted by Crippen LogP contribution is -2.41. The van der Waals surface area contributed by atoms with Crippen molar-refractivity contribution in [1.29, 1.82) is 0 Å². The van der Waals surface area contributed by atoms with E-state index < -0.39 is 5.60 Å². The molecule has 0 fully saturated rings. The minimum atomic E-state index is -0.842. The summed E-state index contributed by atoms with van der Waals surface area (Å²) in [6, 6.07) is 3.59. The summed E-state index contributed by atoms with van der Waals surface area (Å²) in [6.45, 7) is 6.29. The third-order valence-corrected chi connectivity index (χ3v) is 3.07. The molecule has 0 saturated carbocycles. The molecule has 0 aromatic carbocycles. The number of carbonyl (C=O) groups is 1. The summed E-state index contributed by atoms with van der Waals surface area (Å²) in [5.74, 6) is 0.410. The van der Waals surface area contributed by atoms with Gasteiger partial charge in [-0.05, 0) is 37.8 Å². The molecule has 4 nitrogen and oxygen atoms in total. The van der Waals surface area contributed by atoms with E-state index in [9.17, 15) is 9.90 Å². The van der Waals surface area contributed by atoms with Gasteiger partial charge in [0.1, 0.15) is 5.69 Å². The SMILES string of the molecule is CC(C)CCC(C)(O)CNC(=O)c1cccn1C. The number of aryl methyl sites for hydroxylation is 1. The Kier molecular flexibility index (Phi) is 4.96. The smallest absolute Gasteiger partial charge is 0.267 e. The highest BCUT2D eigenvalue weighted by atomic mass is 16.3. The maximum atomic E-state index is 11.9. The number of amides is 1. The van der Waals surface area contributed by atoms with Gasteiger partial charge in [-0.1, -0.05) is 13.8 Å². The van der Waals surface area contributed by atoms with Gasteiger partial charge in [0, 0.05) is 19.8 Å². The van der Waals surface area contributed by atoms with Gasteiger partial charge >= 0.3 is 0 Å². The van der Waals surface area contributed by atoms with Crippen LogP contribution in [-0.2, 0) is 7.05 Å². The summed E-state index contributed by atoms with van der Waals surface area (Å²) >= 11 is 0. The van der Waals surface area contributed by atoms with E-state index in [4.69, 9.17) is 0 Å². The zero-order valence-corrected chi connectivity index (χ0v) is 11.7. The molecule has 0 aliphatic heterocycles. The molecule has 1 rings (SSSR count). The summed E-state index contributed by atoms with van der Waals surface area (Å²) in [5.41, 5.74) is -0.236. The molecule has 0 aliphatic carbocycles. The van der Waals surface area contributed by atoms with E-state index in [0.29, 0.717) is 18.0 Å². The zero-order chi connectivity index (χ0) is 13.8. The second kappa shape index (κ2) is 6.05. The van der Waals surface area contributed by atoms with E-state index in [-0.39, 0.29) is 12.5 Å². The number of nitrogens with zero attached hydrogens (tertiary/aromatic N) is 1. The van der Waals surface area contributed by atoms with Gasteiger partial charge in [-0.15, -0.1) is 0 Å². The molecule has 2 N–H and O–H groups in total. The maximum absolute atomic E-state index is 11.9. The highest BCUT2D eigenvalue weighted by Crippen LogP contribution is 2.15. The summed E-state index contributed by atoms with van der Waals surface area (Å²) in [4.78, 5) is 11.9. The molecule has 1 aromatic rings. The minimum Gasteiger partial charge on any atom is -0.388 e. The number of hydrogen-bond donors (Lipinski definition) is 2. The van der Waals surface area contributed by atoms with Crippen LogP contribution in [0.2, 0.25) is 0 Å². The van der Waals surface area contributed by atoms with Crippen molar-refractivity contribution in [1.82, 2.24) is 9.88 Å². The summed E-state index contributed by atoms with van der Waals surface area (Å²) < 4.78 is 1.76. The molecule has 1 heterocycles. The van der Waals surface area contributed by atoms with Gasteiger partial charge in [0.15, 0.2) is 0 Å². The van der Waals surface area contributed by atoms with E-state index in [2.05, 4.69) is 19.2 Å². The Morgan fingerprint density at radius 1 is 1.56 bits per heavy atom. The first-order valence-corrected chi connectivity index (χ1v) is 6.44. The standard InChI is InChI=1S/C14H24N2O2/c1-11(2)7-8-14(3,18)10-15-13(17)12-6-5-9-16(12)4/h5-6,9,11,18H,7-8,10H2,1-4H3,(H,15,17). The van der Waals surface area contributed by atoms with E-state index in [1.807, 2.05) is 19.3 Å². The van der Waals surface area contributed by atoms with Crippen molar-refractivity contribution in [3.63, 3.8) is 0 Å². The van der Waals surface area contributed by atoms with Gasteiger partial charge < -0.3 is 15.0 Å².